The van der Waals surface area contributed by atoms with Gasteiger partial charge in [0, 0.05) is 42.9 Å². The van der Waals surface area contributed by atoms with Crippen molar-refractivity contribution in [3.8, 4) is 27.6 Å². The summed E-state index contributed by atoms with van der Waals surface area (Å²) in [4.78, 5) is 2.25. The molecule has 2 N–H and O–H groups in total. The third-order valence-electron chi connectivity index (χ3n) is 5.61. The number of nitrogens with one attached hydrogen (secondary N) is 1. The third-order valence-corrected chi connectivity index (χ3v) is 6.50. The van der Waals surface area contributed by atoms with E-state index in [1.807, 2.05) is 31.2 Å². The molecule has 2 aliphatic heterocycles. The predicted molar refractivity (Wildman–Crippen MR) is 116 cm³/mol. The zero-order valence-corrected chi connectivity index (χ0v) is 17.6. The Morgan fingerprint density at radius 3 is 2.73 bits per heavy atom. The molecule has 0 unspecified atom stereocenters. The fourth-order valence-corrected chi connectivity index (χ4v) is 4.72. The van der Waals surface area contributed by atoms with Gasteiger partial charge in [-0.25, -0.2) is 0 Å². The second-order valence-electron chi connectivity index (χ2n) is 7.79. The van der Waals surface area contributed by atoms with Gasteiger partial charge in [-0.3, -0.25) is 0 Å². The highest BCUT2D eigenvalue weighted by atomic mass is 32.1. The molecule has 9 heteroatoms. The van der Waals surface area contributed by atoms with Crippen molar-refractivity contribution in [2.45, 2.75) is 31.8 Å². The summed E-state index contributed by atoms with van der Waals surface area (Å²) < 4.78 is 5.45. The van der Waals surface area contributed by atoms with Crippen LogP contribution in [0.3, 0.4) is 0 Å². The van der Waals surface area contributed by atoms with E-state index in [1.165, 1.54) is 11.3 Å². The number of anilines is 1. The van der Waals surface area contributed by atoms with Crippen molar-refractivity contribution >= 4 is 17.2 Å². The average Bonchev–Trinajstić information content (AvgIpc) is 3.51. The Morgan fingerprint density at radius 1 is 1.10 bits per heavy atom. The molecular formula is C21H24N6O2S. The van der Waals surface area contributed by atoms with Crippen LogP contribution in [0.4, 0.5) is 5.82 Å². The molecule has 4 heterocycles. The molecule has 8 nitrogen and oxygen atoms in total. The minimum absolute atomic E-state index is 0.159. The van der Waals surface area contributed by atoms with Crippen LogP contribution in [0, 0.1) is 6.92 Å². The summed E-state index contributed by atoms with van der Waals surface area (Å²) in [6.45, 7) is 5.46. The number of ether oxygens (including phenoxy) is 1. The second kappa shape index (κ2) is 8.25. The van der Waals surface area contributed by atoms with Crippen molar-refractivity contribution in [1.29, 1.82) is 0 Å². The number of phenols is 1. The van der Waals surface area contributed by atoms with E-state index in [0.29, 0.717) is 23.3 Å². The van der Waals surface area contributed by atoms with Crippen LogP contribution in [-0.4, -0.2) is 63.9 Å². The molecular weight excluding hydrogens is 400 g/mol. The number of hydrogen-bond acceptors (Lipinski definition) is 9. The molecule has 2 fully saturated rings. The minimum atomic E-state index is 0.159. The van der Waals surface area contributed by atoms with Crippen molar-refractivity contribution < 1.29 is 9.84 Å². The quantitative estimate of drug-likeness (QED) is 0.645. The van der Waals surface area contributed by atoms with Crippen LogP contribution >= 0.6 is 11.3 Å². The summed E-state index contributed by atoms with van der Waals surface area (Å²) in [6.07, 6.45) is 2.18. The predicted octanol–water partition coefficient (Wildman–Crippen LogP) is 2.63. The molecule has 5 rings (SSSR count). The van der Waals surface area contributed by atoms with E-state index in [9.17, 15) is 5.11 Å². The maximum absolute atomic E-state index is 10.5. The summed E-state index contributed by atoms with van der Waals surface area (Å²) in [6, 6.07) is 10.3. The zero-order chi connectivity index (χ0) is 20.5. The molecule has 3 aromatic rings. The summed E-state index contributed by atoms with van der Waals surface area (Å²) in [7, 11) is 0. The van der Waals surface area contributed by atoms with Crippen molar-refractivity contribution in [2.24, 2.45) is 0 Å². The fourth-order valence-electron chi connectivity index (χ4n) is 4.04. The van der Waals surface area contributed by atoms with Gasteiger partial charge in [-0.15, -0.1) is 20.4 Å². The maximum atomic E-state index is 10.5. The van der Waals surface area contributed by atoms with Crippen molar-refractivity contribution in [3.63, 3.8) is 0 Å². The van der Waals surface area contributed by atoms with Gasteiger partial charge in [0.2, 0.25) is 0 Å². The van der Waals surface area contributed by atoms with Crippen LogP contribution in [0.2, 0.25) is 0 Å². The number of aryl methyl sites for hydroxylation is 1. The Kier molecular flexibility index (Phi) is 5.32. The lowest BCUT2D eigenvalue weighted by Crippen LogP contribution is -2.40. The Balaban J connectivity index is 1.27. The lowest BCUT2D eigenvalue weighted by atomic mass is 10.1. The smallest absolute Gasteiger partial charge is 0.151 e. The molecule has 0 saturated carbocycles. The van der Waals surface area contributed by atoms with Gasteiger partial charge in [0.25, 0.3) is 0 Å². The molecule has 0 bridgehead atoms. The normalized spacial score (nSPS) is 21.4. The number of aromatic hydroxyl groups is 1. The average molecular weight is 425 g/mol. The van der Waals surface area contributed by atoms with Crippen LogP contribution in [-0.2, 0) is 4.74 Å². The van der Waals surface area contributed by atoms with E-state index < -0.39 is 0 Å². The highest BCUT2D eigenvalue weighted by molar-refractivity contribution is 7.14. The SMILES string of the molecule is Cc1nnc(-c2ccc(-c3ccc(N4CC[C@@H](N[C@@H]5CCOC5)C4)nn3)c(O)c2)s1. The van der Waals surface area contributed by atoms with Gasteiger partial charge in [-0.2, -0.15) is 0 Å². The van der Waals surface area contributed by atoms with E-state index in [0.717, 1.165) is 60.5 Å². The molecule has 0 radical (unpaired) electrons. The van der Waals surface area contributed by atoms with Crippen LogP contribution in [0.5, 0.6) is 5.75 Å². The molecule has 2 saturated heterocycles. The van der Waals surface area contributed by atoms with Gasteiger partial charge in [0.05, 0.1) is 12.3 Å². The monoisotopic (exact) mass is 424 g/mol. The fraction of sp³-hybridized carbons (Fsp3) is 0.429. The number of nitrogens with zero attached hydrogens (tertiary/aromatic N) is 5. The summed E-state index contributed by atoms with van der Waals surface area (Å²) in [5.74, 6) is 1.03. The van der Waals surface area contributed by atoms with E-state index in [-0.39, 0.29) is 5.75 Å². The van der Waals surface area contributed by atoms with Crippen LogP contribution in [0.1, 0.15) is 17.8 Å². The van der Waals surface area contributed by atoms with E-state index >= 15 is 0 Å². The largest absolute Gasteiger partial charge is 0.507 e. The molecule has 2 atom stereocenters. The molecule has 0 aliphatic carbocycles. The number of phenolic OH excluding ortho intramolecular Hbond substituents is 1. The number of hydrogen-bond donors (Lipinski definition) is 2. The Bertz CT molecular complexity index is 1020. The first-order valence-electron chi connectivity index (χ1n) is 10.2. The molecule has 2 aliphatic rings. The topological polar surface area (TPSA) is 96.3 Å². The van der Waals surface area contributed by atoms with Crippen molar-refractivity contribution in [2.75, 3.05) is 31.2 Å². The Hall–Kier alpha value is -2.62. The molecule has 0 spiro atoms. The van der Waals surface area contributed by atoms with Gasteiger partial charge in [-0.1, -0.05) is 17.4 Å². The van der Waals surface area contributed by atoms with Gasteiger partial charge < -0.3 is 20.1 Å². The molecule has 2 aromatic heterocycles. The first-order valence-corrected chi connectivity index (χ1v) is 11.0. The second-order valence-corrected chi connectivity index (χ2v) is 8.98. The van der Waals surface area contributed by atoms with Crippen LogP contribution in [0.15, 0.2) is 30.3 Å². The summed E-state index contributed by atoms with van der Waals surface area (Å²) in [5, 5.41) is 32.9. The Morgan fingerprint density at radius 2 is 2.03 bits per heavy atom. The van der Waals surface area contributed by atoms with Crippen molar-refractivity contribution in [1.82, 2.24) is 25.7 Å². The Labute approximate surface area is 178 Å². The maximum Gasteiger partial charge on any atom is 0.151 e. The van der Waals surface area contributed by atoms with Crippen molar-refractivity contribution in [3.05, 3.63) is 35.3 Å². The highest BCUT2D eigenvalue weighted by Crippen LogP contribution is 2.33. The van der Waals surface area contributed by atoms with Gasteiger partial charge >= 0.3 is 0 Å². The molecule has 156 valence electrons. The van der Waals surface area contributed by atoms with Gasteiger partial charge in [0.1, 0.15) is 15.8 Å². The van der Waals surface area contributed by atoms with E-state index in [4.69, 9.17) is 4.74 Å². The van der Waals surface area contributed by atoms with Gasteiger partial charge in [-0.05, 0) is 44.0 Å². The number of benzene rings is 1. The van der Waals surface area contributed by atoms with Crippen LogP contribution in [0.25, 0.3) is 21.8 Å². The summed E-state index contributed by atoms with van der Waals surface area (Å²) >= 11 is 1.50. The lowest BCUT2D eigenvalue weighted by Gasteiger charge is -2.19. The third kappa shape index (κ3) is 4.00. The first kappa shape index (κ1) is 19.3. The standard InChI is InChI=1S/C21H24N6O2S/c1-13-23-26-21(30-13)14-2-3-17(19(28)10-14)18-4-5-20(25-24-18)27-8-6-15(11-27)22-16-7-9-29-12-16/h2-5,10,15-16,22,28H,6-9,11-12H2,1H3/t15-,16-/m1/s1. The first-order chi connectivity index (χ1) is 14.7. The molecule has 0 amide bonds. The van der Waals surface area contributed by atoms with E-state index in [2.05, 4.69) is 30.6 Å². The van der Waals surface area contributed by atoms with E-state index in [1.54, 1.807) is 6.07 Å². The number of aromatic nitrogens is 4. The zero-order valence-electron chi connectivity index (χ0n) is 16.8. The molecule has 30 heavy (non-hydrogen) atoms. The lowest BCUT2D eigenvalue weighted by molar-refractivity contribution is 0.188. The van der Waals surface area contributed by atoms with Gasteiger partial charge in [0.15, 0.2) is 5.82 Å². The highest BCUT2D eigenvalue weighted by Gasteiger charge is 2.27. The summed E-state index contributed by atoms with van der Waals surface area (Å²) in [5.41, 5.74) is 2.14. The minimum Gasteiger partial charge on any atom is -0.507 e. The number of rotatable bonds is 5. The van der Waals surface area contributed by atoms with Crippen LogP contribution < -0.4 is 10.2 Å². The molecule has 1 aromatic carbocycles.